The fraction of sp³-hybridized carbons (Fsp3) is 0.133. The van der Waals surface area contributed by atoms with Crippen LogP contribution < -0.4 is 4.18 Å². The molecular formula is C15H12ClNO3S. The number of aryl methyl sites for hydroxylation is 1. The van der Waals surface area contributed by atoms with E-state index in [0.29, 0.717) is 11.4 Å². The van der Waals surface area contributed by atoms with Crippen LogP contribution in [0, 0.1) is 11.3 Å². The molecule has 0 aliphatic heterocycles. The summed E-state index contributed by atoms with van der Waals surface area (Å²) in [6.07, 6.45) is 0.667. The second kappa shape index (κ2) is 6.17. The maximum atomic E-state index is 12.2. The molecule has 0 aliphatic rings. The van der Waals surface area contributed by atoms with Crippen molar-refractivity contribution in [2.75, 3.05) is 0 Å². The fourth-order valence-corrected chi connectivity index (χ4v) is 2.99. The van der Waals surface area contributed by atoms with Crippen LogP contribution in [0.2, 0.25) is 5.02 Å². The minimum atomic E-state index is -3.98. The molecule has 2 aromatic rings. The normalized spacial score (nSPS) is 10.9. The summed E-state index contributed by atoms with van der Waals surface area (Å²) >= 11 is 5.98. The third-order valence-corrected chi connectivity index (χ3v) is 4.47. The van der Waals surface area contributed by atoms with Crippen molar-refractivity contribution in [2.45, 2.75) is 18.2 Å². The van der Waals surface area contributed by atoms with Crippen molar-refractivity contribution in [3.63, 3.8) is 0 Å². The Hall–Kier alpha value is -2.03. The minimum Gasteiger partial charge on any atom is -0.379 e. The van der Waals surface area contributed by atoms with E-state index < -0.39 is 10.1 Å². The summed E-state index contributed by atoms with van der Waals surface area (Å²) in [6.45, 7) is 1.91. The summed E-state index contributed by atoms with van der Waals surface area (Å²) < 4.78 is 29.5. The number of hydrogen-bond donors (Lipinski definition) is 0. The zero-order chi connectivity index (χ0) is 15.5. The summed E-state index contributed by atoms with van der Waals surface area (Å²) in [5, 5.41) is 9.38. The van der Waals surface area contributed by atoms with Gasteiger partial charge in [0.05, 0.1) is 11.6 Å². The average Bonchev–Trinajstić information content (AvgIpc) is 2.49. The molecule has 0 saturated heterocycles. The van der Waals surface area contributed by atoms with E-state index in [1.165, 1.54) is 30.3 Å². The van der Waals surface area contributed by atoms with E-state index in [0.717, 1.165) is 5.56 Å². The molecular weight excluding hydrogens is 310 g/mol. The summed E-state index contributed by atoms with van der Waals surface area (Å²) in [5.74, 6) is 0.193. The number of nitriles is 1. The van der Waals surface area contributed by atoms with Gasteiger partial charge in [-0.2, -0.15) is 13.7 Å². The Morgan fingerprint density at radius 1 is 1.24 bits per heavy atom. The molecule has 0 amide bonds. The highest BCUT2D eigenvalue weighted by Gasteiger charge is 2.17. The standard InChI is InChI=1S/C15H12ClNO3S/c1-2-12-9-13(6-7-15(12)16)20-21(18,19)14-5-3-4-11(8-14)10-17/h3-9H,2H2,1H3. The van der Waals surface area contributed by atoms with Gasteiger partial charge in [-0.05, 0) is 48.4 Å². The van der Waals surface area contributed by atoms with Crippen molar-refractivity contribution in [3.05, 3.63) is 58.6 Å². The third kappa shape index (κ3) is 3.54. The number of hydrogen-bond acceptors (Lipinski definition) is 4. The SMILES string of the molecule is CCc1cc(OS(=O)(=O)c2cccc(C#N)c2)ccc1Cl. The van der Waals surface area contributed by atoms with Crippen LogP contribution in [0.15, 0.2) is 47.4 Å². The van der Waals surface area contributed by atoms with Gasteiger partial charge < -0.3 is 4.18 Å². The zero-order valence-electron chi connectivity index (χ0n) is 11.2. The van der Waals surface area contributed by atoms with Crippen molar-refractivity contribution >= 4 is 21.7 Å². The lowest BCUT2D eigenvalue weighted by molar-refractivity contribution is 0.486. The molecule has 0 radical (unpaired) electrons. The van der Waals surface area contributed by atoms with Gasteiger partial charge >= 0.3 is 10.1 Å². The van der Waals surface area contributed by atoms with Gasteiger partial charge in [0.2, 0.25) is 0 Å². The van der Waals surface area contributed by atoms with Crippen LogP contribution in [0.1, 0.15) is 18.1 Å². The van der Waals surface area contributed by atoms with E-state index in [9.17, 15) is 8.42 Å². The molecule has 0 bridgehead atoms. The summed E-state index contributed by atoms with van der Waals surface area (Å²) in [5.41, 5.74) is 1.06. The molecule has 0 unspecified atom stereocenters. The van der Waals surface area contributed by atoms with Gasteiger partial charge in [0.25, 0.3) is 0 Å². The van der Waals surface area contributed by atoms with E-state index in [1.807, 2.05) is 13.0 Å². The van der Waals surface area contributed by atoms with Gasteiger partial charge in [-0.1, -0.05) is 24.6 Å². The van der Waals surface area contributed by atoms with Gasteiger partial charge in [-0.15, -0.1) is 0 Å². The van der Waals surface area contributed by atoms with Gasteiger partial charge in [0, 0.05) is 5.02 Å². The lowest BCUT2D eigenvalue weighted by Gasteiger charge is -2.09. The third-order valence-electron chi connectivity index (χ3n) is 2.86. The van der Waals surface area contributed by atoms with Crippen molar-refractivity contribution in [2.24, 2.45) is 0 Å². The van der Waals surface area contributed by atoms with Crippen molar-refractivity contribution in [1.82, 2.24) is 0 Å². The molecule has 0 heterocycles. The molecule has 0 spiro atoms. The Morgan fingerprint density at radius 3 is 2.67 bits per heavy atom. The smallest absolute Gasteiger partial charge is 0.339 e. The molecule has 0 aliphatic carbocycles. The summed E-state index contributed by atoms with van der Waals surface area (Å²) in [6, 6.07) is 12.2. The van der Waals surface area contributed by atoms with Crippen molar-refractivity contribution < 1.29 is 12.6 Å². The van der Waals surface area contributed by atoms with Gasteiger partial charge in [-0.25, -0.2) is 0 Å². The van der Waals surface area contributed by atoms with Gasteiger partial charge in [-0.3, -0.25) is 0 Å². The van der Waals surface area contributed by atoms with Crippen LogP contribution in [0.3, 0.4) is 0 Å². The zero-order valence-corrected chi connectivity index (χ0v) is 12.8. The maximum Gasteiger partial charge on any atom is 0.339 e. The number of benzene rings is 2. The molecule has 0 atom stereocenters. The maximum absolute atomic E-state index is 12.2. The lowest BCUT2D eigenvalue weighted by Crippen LogP contribution is -2.10. The first-order chi connectivity index (χ1) is 9.96. The molecule has 4 nitrogen and oxygen atoms in total. The predicted octanol–water partition coefficient (Wildman–Crippen LogP) is 3.54. The van der Waals surface area contributed by atoms with Crippen LogP contribution in [0.4, 0.5) is 0 Å². The first-order valence-electron chi connectivity index (χ1n) is 6.19. The Morgan fingerprint density at radius 2 is 2.00 bits per heavy atom. The Labute approximate surface area is 128 Å². The second-order valence-corrected chi connectivity index (χ2v) is 6.24. The van der Waals surface area contributed by atoms with Crippen LogP contribution in [-0.2, 0) is 16.5 Å². The first-order valence-corrected chi connectivity index (χ1v) is 7.98. The highest BCUT2D eigenvalue weighted by Crippen LogP contribution is 2.25. The molecule has 0 aromatic heterocycles. The van der Waals surface area contributed by atoms with Gasteiger partial charge in [0.1, 0.15) is 10.6 Å². The van der Waals surface area contributed by atoms with Crippen LogP contribution >= 0.6 is 11.6 Å². The summed E-state index contributed by atoms with van der Waals surface area (Å²) in [4.78, 5) is -0.0606. The van der Waals surface area contributed by atoms with E-state index in [2.05, 4.69) is 0 Å². The van der Waals surface area contributed by atoms with Crippen molar-refractivity contribution in [1.29, 1.82) is 5.26 Å². The second-order valence-electron chi connectivity index (χ2n) is 4.28. The molecule has 108 valence electrons. The first kappa shape index (κ1) is 15.4. The predicted molar refractivity (Wildman–Crippen MR) is 79.8 cm³/mol. The Bertz CT molecular complexity index is 810. The van der Waals surface area contributed by atoms with Crippen LogP contribution in [0.5, 0.6) is 5.75 Å². The van der Waals surface area contributed by atoms with E-state index in [-0.39, 0.29) is 16.2 Å². The molecule has 6 heteroatoms. The quantitative estimate of drug-likeness (QED) is 0.808. The molecule has 0 N–H and O–H groups in total. The molecule has 0 saturated carbocycles. The topological polar surface area (TPSA) is 67.2 Å². The molecule has 2 aromatic carbocycles. The van der Waals surface area contributed by atoms with Crippen LogP contribution in [-0.4, -0.2) is 8.42 Å². The fourth-order valence-electron chi connectivity index (χ4n) is 1.77. The average molecular weight is 322 g/mol. The van der Waals surface area contributed by atoms with Crippen molar-refractivity contribution in [3.8, 4) is 11.8 Å². The highest BCUT2D eigenvalue weighted by molar-refractivity contribution is 7.87. The molecule has 0 fully saturated rings. The monoisotopic (exact) mass is 321 g/mol. The minimum absolute atomic E-state index is 0.0606. The van der Waals surface area contributed by atoms with Gasteiger partial charge in [0.15, 0.2) is 0 Å². The number of rotatable bonds is 4. The van der Waals surface area contributed by atoms with Crippen LogP contribution in [0.25, 0.3) is 0 Å². The Balaban J connectivity index is 2.35. The van der Waals surface area contributed by atoms with E-state index >= 15 is 0 Å². The van der Waals surface area contributed by atoms with E-state index in [1.54, 1.807) is 12.1 Å². The highest BCUT2D eigenvalue weighted by atomic mass is 35.5. The molecule has 2 rings (SSSR count). The summed E-state index contributed by atoms with van der Waals surface area (Å²) in [7, 11) is -3.98. The van der Waals surface area contributed by atoms with E-state index in [4.69, 9.17) is 21.0 Å². The largest absolute Gasteiger partial charge is 0.379 e. The number of halogens is 1. The number of nitrogens with zero attached hydrogens (tertiary/aromatic N) is 1. The Kier molecular flexibility index (Phi) is 4.51. The molecule has 21 heavy (non-hydrogen) atoms. The lowest BCUT2D eigenvalue weighted by atomic mass is 10.2.